The average Bonchev–Trinajstić information content (AvgIpc) is 2.83. The molecule has 1 aliphatic rings. The topological polar surface area (TPSA) is 21.3 Å². The highest BCUT2D eigenvalue weighted by atomic mass is 35.5. The molecule has 3 atom stereocenters. The van der Waals surface area contributed by atoms with Gasteiger partial charge in [-0.05, 0) is 43.4 Å². The van der Waals surface area contributed by atoms with Crippen LogP contribution < -0.4 is 5.32 Å². The van der Waals surface area contributed by atoms with Crippen LogP contribution >= 0.6 is 23.2 Å². The van der Waals surface area contributed by atoms with Crippen molar-refractivity contribution < 1.29 is 4.74 Å². The molecule has 3 unspecified atom stereocenters. The zero-order chi connectivity index (χ0) is 13.8. The Labute approximate surface area is 125 Å². The molecule has 0 aromatic heterocycles. The Kier molecular flexibility index (Phi) is 5.52. The third kappa shape index (κ3) is 3.85. The van der Waals surface area contributed by atoms with Crippen LogP contribution in [0.1, 0.15) is 38.3 Å². The Bertz CT molecular complexity index is 425. The molecule has 2 nitrogen and oxygen atoms in total. The van der Waals surface area contributed by atoms with Gasteiger partial charge in [-0.3, -0.25) is 0 Å². The van der Waals surface area contributed by atoms with E-state index >= 15 is 0 Å². The summed E-state index contributed by atoms with van der Waals surface area (Å²) in [6.45, 7) is 6.17. The van der Waals surface area contributed by atoms with E-state index < -0.39 is 0 Å². The van der Waals surface area contributed by atoms with Crippen molar-refractivity contribution in [2.75, 3.05) is 13.2 Å². The van der Waals surface area contributed by atoms with E-state index in [-0.39, 0.29) is 6.04 Å². The molecule has 0 radical (unpaired) electrons. The number of rotatable bonds is 5. The van der Waals surface area contributed by atoms with E-state index in [0.29, 0.717) is 17.0 Å². The Morgan fingerprint density at radius 3 is 2.89 bits per heavy atom. The van der Waals surface area contributed by atoms with Crippen LogP contribution in [-0.4, -0.2) is 19.3 Å². The highest BCUT2D eigenvalue weighted by Crippen LogP contribution is 2.27. The van der Waals surface area contributed by atoms with Crippen molar-refractivity contribution in [3.05, 3.63) is 33.8 Å². The van der Waals surface area contributed by atoms with Crippen LogP contribution in [0.5, 0.6) is 0 Å². The highest BCUT2D eigenvalue weighted by Gasteiger charge is 2.26. The van der Waals surface area contributed by atoms with Gasteiger partial charge in [0.25, 0.3) is 0 Å². The van der Waals surface area contributed by atoms with Crippen LogP contribution in [0, 0.1) is 5.92 Å². The molecule has 19 heavy (non-hydrogen) atoms. The average molecular weight is 302 g/mol. The van der Waals surface area contributed by atoms with Gasteiger partial charge < -0.3 is 10.1 Å². The van der Waals surface area contributed by atoms with Crippen LogP contribution in [0.25, 0.3) is 0 Å². The van der Waals surface area contributed by atoms with Crippen molar-refractivity contribution in [1.29, 1.82) is 0 Å². The lowest BCUT2D eigenvalue weighted by atomic mass is 9.98. The molecule has 1 aliphatic heterocycles. The summed E-state index contributed by atoms with van der Waals surface area (Å²) in [5, 5.41) is 4.96. The number of nitrogens with one attached hydrogen (secondary N) is 1. The maximum Gasteiger partial charge on any atom is 0.0613 e. The third-order valence-electron chi connectivity index (χ3n) is 3.86. The van der Waals surface area contributed by atoms with Crippen molar-refractivity contribution in [3.8, 4) is 0 Å². The Morgan fingerprint density at radius 2 is 2.21 bits per heavy atom. The van der Waals surface area contributed by atoms with Crippen LogP contribution in [0.3, 0.4) is 0 Å². The SMILES string of the molecule is CCC1OCCC1CNC(C)c1ccc(Cl)cc1Cl. The highest BCUT2D eigenvalue weighted by molar-refractivity contribution is 6.35. The summed E-state index contributed by atoms with van der Waals surface area (Å²) in [6, 6.07) is 5.89. The van der Waals surface area contributed by atoms with Crippen molar-refractivity contribution in [3.63, 3.8) is 0 Å². The van der Waals surface area contributed by atoms with Gasteiger partial charge in [0.05, 0.1) is 6.10 Å². The summed E-state index contributed by atoms with van der Waals surface area (Å²) in [4.78, 5) is 0. The molecular formula is C15H21Cl2NO. The molecule has 1 fully saturated rings. The number of hydrogen-bond donors (Lipinski definition) is 1. The van der Waals surface area contributed by atoms with Crippen LogP contribution in [0.15, 0.2) is 18.2 Å². The fourth-order valence-corrected chi connectivity index (χ4v) is 3.24. The first-order valence-electron chi connectivity index (χ1n) is 6.91. The van der Waals surface area contributed by atoms with Gasteiger partial charge in [0.2, 0.25) is 0 Å². The minimum absolute atomic E-state index is 0.225. The number of halogens is 2. The summed E-state index contributed by atoms with van der Waals surface area (Å²) >= 11 is 12.1. The predicted octanol–water partition coefficient (Wildman–Crippen LogP) is 4.46. The number of benzene rings is 1. The van der Waals surface area contributed by atoms with Gasteiger partial charge in [-0.2, -0.15) is 0 Å². The van der Waals surface area contributed by atoms with Gasteiger partial charge in [0.15, 0.2) is 0 Å². The van der Waals surface area contributed by atoms with E-state index in [1.54, 1.807) is 6.07 Å². The molecule has 4 heteroatoms. The van der Waals surface area contributed by atoms with Gasteiger partial charge in [-0.1, -0.05) is 36.2 Å². The summed E-state index contributed by atoms with van der Waals surface area (Å²) in [5.41, 5.74) is 1.10. The van der Waals surface area contributed by atoms with Gasteiger partial charge in [-0.15, -0.1) is 0 Å². The minimum atomic E-state index is 0.225. The summed E-state index contributed by atoms with van der Waals surface area (Å²) < 4.78 is 5.71. The molecule has 1 heterocycles. The van der Waals surface area contributed by atoms with E-state index in [1.807, 2.05) is 12.1 Å². The van der Waals surface area contributed by atoms with Crippen LogP contribution in [0.2, 0.25) is 10.0 Å². The second kappa shape index (κ2) is 6.94. The van der Waals surface area contributed by atoms with Crippen molar-refractivity contribution in [2.45, 2.75) is 38.8 Å². The molecule has 0 bridgehead atoms. The molecule has 2 rings (SSSR count). The second-order valence-corrected chi connectivity index (χ2v) is 6.01. The van der Waals surface area contributed by atoms with Crippen LogP contribution in [0.4, 0.5) is 0 Å². The summed E-state index contributed by atoms with van der Waals surface area (Å²) in [6.07, 6.45) is 2.63. The van der Waals surface area contributed by atoms with Gasteiger partial charge >= 0.3 is 0 Å². The van der Waals surface area contributed by atoms with E-state index in [9.17, 15) is 0 Å². The first-order chi connectivity index (χ1) is 9.11. The summed E-state index contributed by atoms with van der Waals surface area (Å²) in [7, 11) is 0. The second-order valence-electron chi connectivity index (χ2n) is 5.16. The normalized spacial score (nSPS) is 24.6. The first kappa shape index (κ1) is 15.1. The van der Waals surface area contributed by atoms with Gasteiger partial charge in [-0.25, -0.2) is 0 Å². The van der Waals surface area contributed by atoms with E-state index in [1.165, 1.54) is 0 Å². The molecule has 0 saturated carbocycles. The zero-order valence-electron chi connectivity index (χ0n) is 11.5. The molecule has 1 saturated heterocycles. The monoisotopic (exact) mass is 301 g/mol. The maximum absolute atomic E-state index is 6.23. The van der Waals surface area contributed by atoms with Gasteiger partial charge in [0.1, 0.15) is 0 Å². The van der Waals surface area contributed by atoms with Crippen molar-refractivity contribution >= 4 is 23.2 Å². The quantitative estimate of drug-likeness (QED) is 0.867. The predicted molar refractivity (Wildman–Crippen MR) is 81.0 cm³/mol. The summed E-state index contributed by atoms with van der Waals surface area (Å²) in [5.74, 6) is 0.610. The van der Waals surface area contributed by atoms with Crippen molar-refractivity contribution in [2.24, 2.45) is 5.92 Å². The Hall–Kier alpha value is -0.280. The fourth-order valence-electron chi connectivity index (χ4n) is 2.67. The molecule has 0 amide bonds. The zero-order valence-corrected chi connectivity index (χ0v) is 13.0. The Balaban J connectivity index is 1.92. The largest absolute Gasteiger partial charge is 0.378 e. The maximum atomic E-state index is 6.23. The standard InChI is InChI=1S/C15H21Cl2NO/c1-3-15-11(6-7-19-15)9-18-10(2)13-5-4-12(16)8-14(13)17/h4-5,8,10-11,15,18H,3,6-7,9H2,1-2H3. The number of hydrogen-bond acceptors (Lipinski definition) is 2. The number of ether oxygens (including phenoxy) is 1. The lowest BCUT2D eigenvalue weighted by molar-refractivity contribution is 0.0867. The molecule has 0 spiro atoms. The molecular weight excluding hydrogens is 281 g/mol. The lowest BCUT2D eigenvalue weighted by Gasteiger charge is -2.21. The van der Waals surface area contributed by atoms with E-state index in [0.717, 1.165) is 36.6 Å². The smallest absolute Gasteiger partial charge is 0.0613 e. The van der Waals surface area contributed by atoms with E-state index in [4.69, 9.17) is 27.9 Å². The fraction of sp³-hybridized carbons (Fsp3) is 0.600. The molecule has 106 valence electrons. The Morgan fingerprint density at radius 1 is 1.42 bits per heavy atom. The minimum Gasteiger partial charge on any atom is -0.378 e. The van der Waals surface area contributed by atoms with E-state index in [2.05, 4.69) is 19.2 Å². The molecule has 0 aliphatic carbocycles. The molecule has 1 aromatic carbocycles. The van der Waals surface area contributed by atoms with Crippen LogP contribution in [-0.2, 0) is 4.74 Å². The molecule has 1 N–H and O–H groups in total. The van der Waals surface area contributed by atoms with Crippen molar-refractivity contribution in [1.82, 2.24) is 5.32 Å². The first-order valence-corrected chi connectivity index (χ1v) is 7.67. The molecule has 1 aromatic rings. The third-order valence-corrected chi connectivity index (χ3v) is 4.43. The lowest BCUT2D eigenvalue weighted by Crippen LogP contribution is -2.30. The van der Waals surface area contributed by atoms with Gasteiger partial charge in [0, 0.05) is 29.2 Å².